The fourth-order valence-electron chi connectivity index (χ4n) is 4.01. The largest absolute Gasteiger partial charge is 0.487 e. The predicted octanol–water partition coefficient (Wildman–Crippen LogP) is 1.95. The molecule has 0 saturated carbocycles. The number of carbonyl (C=O) groups is 2. The summed E-state index contributed by atoms with van der Waals surface area (Å²) in [5.41, 5.74) is 0.781. The topological polar surface area (TPSA) is 68.3 Å². The van der Waals surface area contributed by atoms with Crippen LogP contribution in [0.5, 0.6) is 5.75 Å². The van der Waals surface area contributed by atoms with Crippen LogP contribution in [0, 0.1) is 0 Å². The zero-order valence-electron chi connectivity index (χ0n) is 15.7. The molecule has 1 atom stereocenters. The van der Waals surface area contributed by atoms with Gasteiger partial charge in [0.2, 0.25) is 11.8 Å². The van der Waals surface area contributed by atoms with Gasteiger partial charge in [0.25, 0.3) is 0 Å². The van der Waals surface area contributed by atoms with E-state index in [1.807, 2.05) is 36.1 Å². The molecule has 0 aromatic heterocycles. The zero-order chi connectivity index (χ0) is 18.9. The molecule has 7 heteroatoms. The minimum absolute atomic E-state index is 0.0192. The van der Waals surface area contributed by atoms with Gasteiger partial charge in [-0.3, -0.25) is 9.59 Å². The Morgan fingerprint density at radius 2 is 1.74 bits per heavy atom. The fraction of sp³-hybridized carbons (Fsp3) is 0.600. The van der Waals surface area contributed by atoms with Crippen molar-refractivity contribution in [1.82, 2.24) is 4.90 Å². The molecule has 3 aliphatic heterocycles. The molecule has 3 heterocycles. The lowest BCUT2D eigenvalue weighted by molar-refractivity contribution is -0.187. The molecule has 1 aromatic rings. The Morgan fingerprint density at radius 3 is 2.48 bits per heavy atom. The van der Waals surface area contributed by atoms with Gasteiger partial charge >= 0.3 is 0 Å². The lowest BCUT2D eigenvalue weighted by Crippen LogP contribution is -2.47. The van der Waals surface area contributed by atoms with Gasteiger partial charge in [0.15, 0.2) is 5.79 Å². The maximum atomic E-state index is 12.8. The third kappa shape index (κ3) is 3.80. The molecule has 2 amide bonds. The van der Waals surface area contributed by atoms with Gasteiger partial charge in [-0.15, -0.1) is 0 Å². The number of hydrogen-bond acceptors (Lipinski definition) is 5. The number of nitrogens with zero attached hydrogens (tertiary/aromatic N) is 2. The molecule has 1 spiro atoms. The number of benzene rings is 1. The van der Waals surface area contributed by atoms with Crippen molar-refractivity contribution >= 4 is 17.5 Å². The number of hydrogen-bond donors (Lipinski definition) is 0. The average molecular weight is 374 g/mol. The Kier molecular flexibility index (Phi) is 5.06. The second-order valence-corrected chi connectivity index (χ2v) is 7.39. The van der Waals surface area contributed by atoms with Gasteiger partial charge in [-0.1, -0.05) is 12.1 Å². The first-order valence-corrected chi connectivity index (χ1v) is 9.68. The number of para-hydroxylation sites is 2. The van der Waals surface area contributed by atoms with Crippen molar-refractivity contribution in [1.29, 1.82) is 0 Å². The van der Waals surface area contributed by atoms with Crippen molar-refractivity contribution in [3.63, 3.8) is 0 Å². The Morgan fingerprint density at radius 1 is 1.07 bits per heavy atom. The molecule has 0 N–H and O–H groups in total. The monoisotopic (exact) mass is 374 g/mol. The summed E-state index contributed by atoms with van der Waals surface area (Å²) in [5, 5.41) is 0. The van der Waals surface area contributed by atoms with E-state index in [1.165, 1.54) is 0 Å². The highest BCUT2D eigenvalue weighted by molar-refractivity contribution is 5.97. The predicted molar refractivity (Wildman–Crippen MR) is 98.6 cm³/mol. The van der Waals surface area contributed by atoms with Crippen molar-refractivity contribution in [2.75, 3.05) is 37.7 Å². The van der Waals surface area contributed by atoms with Crippen LogP contribution in [-0.4, -0.2) is 61.5 Å². The van der Waals surface area contributed by atoms with Crippen LogP contribution in [0.25, 0.3) is 0 Å². The maximum absolute atomic E-state index is 12.8. The number of anilines is 1. The van der Waals surface area contributed by atoms with Crippen LogP contribution in [0.1, 0.15) is 32.6 Å². The van der Waals surface area contributed by atoms with Crippen LogP contribution in [0.2, 0.25) is 0 Å². The van der Waals surface area contributed by atoms with Crippen LogP contribution in [-0.2, 0) is 19.1 Å². The van der Waals surface area contributed by atoms with E-state index < -0.39 is 5.79 Å². The molecule has 7 nitrogen and oxygen atoms in total. The summed E-state index contributed by atoms with van der Waals surface area (Å²) >= 11 is 0. The van der Waals surface area contributed by atoms with Gasteiger partial charge in [-0.05, 0) is 19.1 Å². The Bertz CT molecular complexity index is 706. The lowest BCUT2D eigenvalue weighted by Gasteiger charge is -2.37. The van der Waals surface area contributed by atoms with Crippen molar-refractivity contribution in [2.45, 2.75) is 44.5 Å². The van der Waals surface area contributed by atoms with Crippen LogP contribution in [0.4, 0.5) is 5.69 Å². The third-order valence-electron chi connectivity index (χ3n) is 5.47. The summed E-state index contributed by atoms with van der Waals surface area (Å²) in [7, 11) is 0. The third-order valence-corrected chi connectivity index (χ3v) is 5.47. The molecule has 3 aliphatic rings. The van der Waals surface area contributed by atoms with Gasteiger partial charge in [-0.25, -0.2) is 0 Å². The molecule has 146 valence electrons. The highest BCUT2D eigenvalue weighted by Crippen LogP contribution is 2.34. The second-order valence-electron chi connectivity index (χ2n) is 7.39. The minimum Gasteiger partial charge on any atom is -0.487 e. The number of rotatable bonds is 3. The summed E-state index contributed by atoms with van der Waals surface area (Å²) in [6, 6.07) is 7.53. The van der Waals surface area contributed by atoms with Crippen molar-refractivity contribution < 1.29 is 23.8 Å². The van der Waals surface area contributed by atoms with Gasteiger partial charge in [0, 0.05) is 38.8 Å². The number of fused-ring (bicyclic) bond motifs is 1. The minimum atomic E-state index is -0.486. The zero-order valence-corrected chi connectivity index (χ0v) is 15.7. The molecule has 0 radical (unpaired) electrons. The molecule has 0 aliphatic carbocycles. The molecular weight excluding hydrogens is 348 g/mol. The second kappa shape index (κ2) is 7.48. The first-order chi connectivity index (χ1) is 13.1. The molecule has 4 rings (SSSR count). The van der Waals surface area contributed by atoms with E-state index in [0.717, 1.165) is 5.69 Å². The first kappa shape index (κ1) is 18.3. The number of likely N-dealkylation sites (tertiary alicyclic amines) is 1. The summed E-state index contributed by atoms with van der Waals surface area (Å²) in [6.45, 7) is 4.93. The quantitative estimate of drug-likeness (QED) is 0.809. The maximum Gasteiger partial charge on any atom is 0.227 e. The standard InChI is InChI=1S/C20H26N2O5/c1-15-14-22(16-4-2-3-5-17(16)27-15)19(24)7-6-18(23)21-10-8-20(9-11-21)25-12-13-26-20/h2-5,15H,6-14H2,1H3. The van der Waals surface area contributed by atoms with E-state index in [9.17, 15) is 9.59 Å². The van der Waals surface area contributed by atoms with E-state index in [4.69, 9.17) is 14.2 Å². The Hall–Kier alpha value is -2.12. The number of carbonyl (C=O) groups excluding carboxylic acids is 2. The average Bonchev–Trinajstić information content (AvgIpc) is 3.13. The van der Waals surface area contributed by atoms with E-state index >= 15 is 0 Å². The van der Waals surface area contributed by atoms with Crippen molar-refractivity contribution in [2.24, 2.45) is 0 Å². The van der Waals surface area contributed by atoms with E-state index in [-0.39, 0.29) is 30.8 Å². The highest BCUT2D eigenvalue weighted by atomic mass is 16.7. The van der Waals surface area contributed by atoms with Crippen LogP contribution in [0.3, 0.4) is 0 Å². The summed E-state index contributed by atoms with van der Waals surface area (Å²) in [4.78, 5) is 28.9. The lowest BCUT2D eigenvalue weighted by atomic mass is 10.0. The number of piperidine rings is 1. The molecule has 1 aromatic carbocycles. The highest BCUT2D eigenvalue weighted by Gasteiger charge is 2.40. The number of amides is 2. The molecule has 0 bridgehead atoms. The molecule has 27 heavy (non-hydrogen) atoms. The van der Waals surface area contributed by atoms with Gasteiger partial charge < -0.3 is 24.0 Å². The van der Waals surface area contributed by atoms with Crippen LogP contribution < -0.4 is 9.64 Å². The summed E-state index contributed by atoms with van der Waals surface area (Å²) in [5.74, 6) is 0.210. The first-order valence-electron chi connectivity index (χ1n) is 9.68. The van der Waals surface area contributed by atoms with Crippen molar-refractivity contribution in [3.8, 4) is 5.75 Å². The summed E-state index contributed by atoms with van der Waals surface area (Å²) < 4.78 is 17.2. The van der Waals surface area contributed by atoms with E-state index in [2.05, 4.69) is 0 Å². The Labute approximate surface area is 159 Å². The smallest absolute Gasteiger partial charge is 0.227 e. The fourth-order valence-corrected chi connectivity index (χ4v) is 4.01. The van der Waals surface area contributed by atoms with Crippen LogP contribution >= 0.6 is 0 Å². The van der Waals surface area contributed by atoms with Gasteiger partial charge in [0.1, 0.15) is 11.9 Å². The molecule has 1 unspecified atom stereocenters. The normalized spacial score (nSPS) is 23.8. The molecular formula is C20H26N2O5. The van der Waals surface area contributed by atoms with E-state index in [0.29, 0.717) is 51.4 Å². The van der Waals surface area contributed by atoms with Gasteiger partial charge in [-0.2, -0.15) is 0 Å². The van der Waals surface area contributed by atoms with Crippen LogP contribution in [0.15, 0.2) is 24.3 Å². The van der Waals surface area contributed by atoms with Gasteiger partial charge in [0.05, 0.1) is 25.4 Å². The van der Waals surface area contributed by atoms with Crippen molar-refractivity contribution in [3.05, 3.63) is 24.3 Å². The number of ether oxygens (including phenoxy) is 3. The van der Waals surface area contributed by atoms with E-state index in [1.54, 1.807) is 4.90 Å². The molecule has 2 fully saturated rings. The molecule has 2 saturated heterocycles. The summed E-state index contributed by atoms with van der Waals surface area (Å²) in [6.07, 6.45) is 1.75. The SMILES string of the molecule is CC1CN(C(=O)CCC(=O)N2CCC3(CC2)OCCO3)c2ccccc2O1. The Balaban J connectivity index is 1.31.